The Bertz CT molecular complexity index is 551. The van der Waals surface area contributed by atoms with E-state index in [2.05, 4.69) is 15.9 Å². The predicted octanol–water partition coefficient (Wildman–Crippen LogP) is 3.51. The molecule has 0 radical (unpaired) electrons. The number of nitro benzene ring substituents is 1. The van der Waals surface area contributed by atoms with Gasteiger partial charge in [-0.1, -0.05) is 15.9 Å². The van der Waals surface area contributed by atoms with E-state index in [1.165, 1.54) is 6.07 Å². The molecule has 1 aromatic rings. The summed E-state index contributed by atoms with van der Waals surface area (Å²) < 4.78 is 13.2. The maximum Gasteiger partial charge on any atom is 0.285 e. The summed E-state index contributed by atoms with van der Waals surface area (Å²) in [4.78, 5) is 24.6. The second-order valence-electron chi connectivity index (χ2n) is 5.04. The van der Waals surface area contributed by atoms with Gasteiger partial charge in [0.25, 0.3) is 11.6 Å². The van der Waals surface area contributed by atoms with Gasteiger partial charge in [0, 0.05) is 17.9 Å². The van der Waals surface area contributed by atoms with Crippen molar-refractivity contribution in [2.75, 3.05) is 11.9 Å². The number of halogens is 2. The van der Waals surface area contributed by atoms with E-state index in [1.54, 1.807) is 4.90 Å². The van der Waals surface area contributed by atoms with Crippen molar-refractivity contribution in [1.29, 1.82) is 0 Å². The lowest BCUT2D eigenvalue weighted by Crippen LogP contribution is -2.44. The van der Waals surface area contributed by atoms with Crippen molar-refractivity contribution >= 4 is 27.5 Å². The zero-order chi connectivity index (χ0) is 15.4. The van der Waals surface area contributed by atoms with Crippen LogP contribution in [0.3, 0.4) is 0 Å². The molecule has 0 aromatic heterocycles. The number of carbonyl (C=O) groups excluding carboxylic acids is 1. The number of rotatable bonds is 4. The quantitative estimate of drug-likeness (QED) is 0.470. The lowest BCUT2D eigenvalue weighted by Gasteiger charge is -2.35. The van der Waals surface area contributed by atoms with Gasteiger partial charge in [-0.3, -0.25) is 14.9 Å². The number of likely N-dealkylation sites (tertiary alicyclic amines) is 1. The summed E-state index contributed by atoms with van der Waals surface area (Å²) in [5.41, 5.74) is -0.508. The smallest absolute Gasteiger partial charge is 0.285 e. The Morgan fingerprint density at radius 1 is 1.48 bits per heavy atom. The Morgan fingerprint density at radius 3 is 2.90 bits per heavy atom. The number of carbonyl (C=O) groups is 1. The van der Waals surface area contributed by atoms with Crippen molar-refractivity contribution in [3.63, 3.8) is 0 Å². The van der Waals surface area contributed by atoms with E-state index in [9.17, 15) is 19.3 Å². The minimum Gasteiger partial charge on any atom is -0.335 e. The van der Waals surface area contributed by atoms with E-state index >= 15 is 0 Å². The lowest BCUT2D eigenvalue weighted by molar-refractivity contribution is -0.385. The molecule has 0 bridgehead atoms. The third kappa shape index (κ3) is 3.58. The minimum atomic E-state index is -0.714. The van der Waals surface area contributed by atoms with E-state index in [0.29, 0.717) is 6.54 Å². The maximum absolute atomic E-state index is 13.2. The third-order valence-electron chi connectivity index (χ3n) is 3.72. The van der Waals surface area contributed by atoms with Crippen LogP contribution in [-0.2, 0) is 0 Å². The van der Waals surface area contributed by atoms with E-state index in [-0.39, 0.29) is 17.5 Å². The normalized spacial score (nSPS) is 18.6. The summed E-state index contributed by atoms with van der Waals surface area (Å²) in [5.74, 6) is -1.10. The van der Waals surface area contributed by atoms with Crippen molar-refractivity contribution in [2.24, 2.45) is 0 Å². The molecular formula is C14H16BrFN2O3. The van der Waals surface area contributed by atoms with Gasteiger partial charge in [0.1, 0.15) is 11.4 Å². The second-order valence-corrected chi connectivity index (χ2v) is 5.84. The van der Waals surface area contributed by atoms with Crippen LogP contribution in [0.15, 0.2) is 18.2 Å². The molecule has 0 N–H and O–H groups in total. The molecule has 1 unspecified atom stereocenters. The van der Waals surface area contributed by atoms with Gasteiger partial charge in [-0.05, 0) is 37.8 Å². The fourth-order valence-corrected chi connectivity index (χ4v) is 3.21. The van der Waals surface area contributed by atoms with Gasteiger partial charge >= 0.3 is 0 Å². The molecule has 1 aromatic carbocycles. The number of nitro groups is 1. The van der Waals surface area contributed by atoms with Crippen LogP contribution in [-0.4, -0.2) is 33.6 Å². The first-order valence-corrected chi connectivity index (χ1v) is 7.97. The summed E-state index contributed by atoms with van der Waals surface area (Å²) in [6.45, 7) is 0.588. The fraction of sp³-hybridized carbons (Fsp3) is 0.500. The summed E-state index contributed by atoms with van der Waals surface area (Å²) in [6.07, 6.45) is 3.64. The molecule has 0 aliphatic carbocycles. The van der Waals surface area contributed by atoms with Gasteiger partial charge in [-0.2, -0.15) is 0 Å². The molecule has 114 valence electrons. The van der Waals surface area contributed by atoms with E-state index in [0.717, 1.165) is 43.1 Å². The average Bonchev–Trinajstić information content (AvgIpc) is 2.47. The first-order chi connectivity index (χ1) is 10.0. The van der Waals surface area contributed by atoms with Crippen molar-refractivity contribution < 1.29 is 14.1 Å². The summed E-state index contributed by atoms with van der Waals surface area (Å²) in [6, 6.07) is 3.17. The van der Waals surface area contributed by atoms with E-state index < -0.39 is 16.4 Å². The monoisotopic (exact) mass is 358 g/mol. The summed E-state index contributed by atoms with van der Waals surface area (Å²) in [7, 11) is 0. The summed E-state index contributed by atoms with van der Waals surface area (Å²) in [5, 5.41) is 11.8. The van der Waals surface area contributed by atoms with Crippen molar-refractivity contribution in [3.05, 3.63) is 39.7 Å². The van der Waals surface area contributed by atoms with Crippen LogP contribution in [0.25, 0.3) is 0 Å². The standard InChI is InChI=1S/C14H16BrFN2O3/c15-7-6-11-3-1-2-8-17(11)14(19)12-5-4-10(16)9-13(12)18(20)21/h4-5,9,11H,1-3,6-8H2. The van der Waals surface area contributed by atoms with Gasteiger partial charge in [0.05, 0.1) is 11.0 Å². The molecule has 1 atom stereocenters. The first-order valence-electron chi connectivity index (χ1n) is 6.85. The van der Waals surface area contributed by atoms with Crippen LogP contribution in [0, 0.1) is 15.9 Å². The summed E-state index contributed by atoms with van der Waals surface area (Å²) >= 11 is 3.37. The highest BCUT2D eigenvalue weighted by Gasteiger charge is 2.31. The Labute approximate surface area is 130 Å². The van der Waals surface area contributed by atoms with Crippen LogP contribution >= 0.6 is 15.9 Å². The molecule has 1 saturated heterocycles. The molecule has 1 amide bonds. The van der Waals surface area contributed by atoms with Crippen LogP contribution in [0.1, 0.15) is 36.0 Å². The highest BCUT2D eigenvalue weighted by molar-refractivity contribution is 9.09. The highest BCUT2D eigenvalue weighted by Crippen LogP contribution is 2.27. The molecular weight excluding hydrogens is 343 g/mol. The first kappa shape index (κ1) is 15.9. The Balaban J connectivity index is 2.32. The number of piperidine rings is 1. The van der Waals surface area contributed by atoms with Gasteiger partial charge in [0.2, 0.25) is 0 Å². The van der Waals surface area contributed by atoms with Crippen molar-refractivity contribution in [2.45, 2.75) is 31.7 Å². The Kier molecular flexibility index (Phi) is 5.27. The fourth-order valence-electron chi connectivity index (χ4n) is 2.69. The third-order valence-corrected chi connectivity index (χ3v) is 4.18. The topological polar surface area (TPSA) is 63.4 Å². The van der Waals surface area contributed by atoms with Crippen molar-refractivity contribution in [1.82, 2.24) is 4.90 Å². The molecule has 1 heterocycles. The van der Waals surface area contributed by atoms with Gasteiger partial charge in [-0.15, -0.1) is 0 Å². The Hall–Kier alpha value is -1.50. The largest absolute Gasteiger partial charge is 0.335 e. The molecule has 0 saturated carbocycles. The minimum absolute atomic E-state index is 0.0390. The predicted molar refractivity (Wildman–Crippen MR) is 80.1 cm³/mol. The number of amides is 1. The maximum atomic E-state index is 13.2. The van der Waals surface area contributed by atoms with E-state index in [1.807, 2.05) is 0 Å². The number of hydrogen-bond donors (Lipinski definition) is 0. The molecule has 1 fully saturated rings. The molecule has 21 heavy (non-hydrogen) atoms. The molecule has 0 spiro atoms. The molecule has 2 rings (SSSR count). The molecule has 5 nitrogen and oxygen atoms in total. The number of alkyl halides is 1. The lowest BCUT2D eigenvalue weighted by atomic mass is 9.98. The highest BCUT2D eigenvalue weighted by atomic mass is 79.9. The zero-order valence-corrected chi connectivity index (χ0v) is 13.0. The number of benzene rings is 1. The SMILES string of the molecule is O=C(c1ccc(F)cc1[N+](=O)[O-])N1CCCCC1CCBr. The van der Waals surface area contributed by atoms with Gasteiger partial charge in [0.15, 0.2) is 0 Å². The van der Waals surface area contributed by atoms with Crippen LogP contribution in [0.4, 0.5) is 10.1 Å². The molecule has 1 aliphatic heterocycles. The zero-order valence-electron chi connectivity index (χ0n) is 11.4. The molecule has 7 heteroatoms. The van der Waals surface area contributed by atoms with Crippen LogP contribution in [0.2, 0.25) is 0 Å². The average molecular weight is 359 g/mol. The van der Waals surface area contributed by atoms with Gasteiger partial charge < -0.3 is 4.90 Å². The van der Waals surface area contributed by atoms with Crippen LogP contribution < -0.4 is 0 Å². The van der Waals surface area contributed by atoms with Crippen molar-refractivity contribution in [3.8, 4) is 0 Å². The van der Waals surface area contributed by atoms with E-state index in [4.69, 9.17) is 0 Å². The molecule has 1 aliphatic rings. The second kappa shape index (κ2) is 6.98. The van der Waals surface area contributed by atoms with Gasteiger partial charge in [-0.25, -0.2) is 4.39 Å². The van der Waals surface area contributed by atoms with Crippen LogP contribution in [0.5, 0.6) is 0 Å². The number of nitrogens with zero attached hydrogens (tertiary/aromatic N) is 2. The number of hydrogen-bond acceptors (Lipinski definition) is 3. The Morgan fingerprint density at radius 2 is 2.24 bits per heavy atom.